The predicted octanol–water partition coefficient (Wildman–Crippen LogP) is 4.48. The van der Waals surface area contributed by atoms with Crippen LogP contribution >= 0.6 is 34.2 Å². The van der Waals surface area contributed by atoms with Crippen LogP contribution in [0, 0.1) is 3.57 Å². The molecule has 0 bridgehead atoms. The van der Waals surface area contributed by atoms with E-state index >= 15 is 0 Å². The van der Waals surface area contributed by atoms with Gasteiger partial charge in [0.2, 0.25) is 0 Å². The molecule has 0 aliphatic carbocycles. The molecular weight excluding hydrogens is 427 g/mol. The molecule has 2 rings (SSSR count). The van der Waals surface area contributed by atoms with Gasteiger partial charge in [0, 0.05) is 5.02 Å². The van der Waals surface area contributed by atoms with Crippen LogP contribution in [0.2, 0.25) is 5.02 Å². The Labute approximate surface area is 155 Å². The Morgan fingerprint density at radius 2 is 2.09 bits per heavy atom. The molecule has 0 unspecified atom stereocenters. The molecule has 0 radical (unpaired) electrons. The van der Waals surface area contributed by atoms with Crippen LogP contribution in [-0.4, -0.2) is 19.9 Å². The fourth-order valence-corrected chi connectivity index (χ4v) is 2.98. The lowest BCUT2D eigenvalue weighted by Gasteiger charge is -2.12. The Hall–Kier alpha value is -1.47. The van der Waals surface area contributed by atoms with E-state index in [0.717, 1.165) is 25.5 Å². The Morgan fingerprint density at radius 3 is 2.78 bits per heavy atom. The summed E-state index contributed by atoms with van der Waals surface area (Å²) in [5.74, 6) is 1.46. The van der Waals surface area contributed by atoms with Gasteiger partial charge in [0.05, 0.1) is 30.0 Å². The van der Waals surface area contributed by atoms with Gasteiger partial charge in [-0.1, -0.05) is 29.8 Å². The first-order valence-corrected chi connectivity index (χ1v) is 8.61. The standard InChI is InChI=1S/C17H18ClIN2O2/c1-3-23-17-15(19)8-12(9-16(17)22-2)10-20-21-11-13-6-4-5-7-14(13)18/h4-10,21H,3,11H2,1-2H3/b20-10-. The lowest BCUT2D eigenvalue weighted by Crippen LogP contribution is -2.06. The molecule has 4 nitrogen and oxygen atoms in total. The van der Waals surface area contributed by atoms with Gasteiger partial charge in [-0.25, -0.2) is 0 Å². The van der Waals surface area contributed by atoms with Crippen molar-refractivity contribution in [1.29, 1.82) is 0 Å². The van der Waals surface area contributed by atoms with Crippen molar-refractivity contribution in [3.05, 3.63) is 56.1 Å². The first kappa shape index (κ1) is 17.9. The van der Waals surface area contributed by atoms with Crippen molar-refractivity contribution >= 4 is 40.4 Å². The molecule has 122 valence electrons. The van der Waals surface area contributed by atoms with E-state index < -0.39 is 0 Å². The van der Waals surface area contributed by atoms with Crippen LogP contribution in [0.3, 0.4) is 0 Å². The lowest BCUT2D eigenvalue weighted by atomic mass is 10.2. The quantitative estimate of drug-likeness (QED) is 0.389. The largest absolute Gasteiger partial charge is 0.493 e. The van der Waals surface area contributed by atoms with Crippen molar-refractivity contribution in [3.8, 4) is 11.5 Å². The zero-order chi connectivity index (χ0) is 16.7. The number of rotatable bonds is 7. The van der Waals surface area contributed by atoms with Crippen molar-refractivity contribution in [2.75, 3.05) is 13.7 Å². The van der Waals surface area contributed by atoms with Gasteiger partial charge in [0.15, 0.2) is 11.5 Å². The predicted molar refractivity (Wildman–Crippen MR) is 103 cm³/mol. The minimum atomic E-state index is 0.571. The van der Waals surface area contributed by atoms with E-state index in [0.29, 0.717) is 18.9 Å². The van der Waals surface area contributed by atoms with E-state index in [4.69, 9.17) is 21.1 Å². The van der Waals surface area contributed by atoms with Crippen LogP contribution in [0.25, 0.3) is 0 Å². The minimum absolute atomic E-state index is 0.571. The highest BCUT2D eigenvalue weighted by Gasteiger charge is 2.10. The summed E-state index contributed by atoms with van der Waals surface area (Å²) in [6.07, 6.45) is 1.75. The summed E-state index contributed by atoms with van der Waals surface area (Å²) in [5.41, 5.74) is 4.93. The van der Waals surface area contributed by atoms with Crippen LogP contribution in [0.4, 0.5) is 0 Å². The fourth-order valence-electron chi connectivity index (χ4n) is 1.99. The molecule has 0 spiro atoms. The molecule has 1 N–H and O–H groups in total. The maximum absolute atomic E-state index is 6.10. The van der Waals surface area contributed by atoms with E-state index in [1.807, 2.05) is 43.3 Å². The molecule has 6 heteroatoms. The third kappa shape index (κ3) is 5.00. The van der Waals surface area contributed by atoms with Crippen molar-refractivity contribution in [2.24, 2.45) is 5.10 Å². The molecule has 0 fully saturated rings. The van der Waals surface area contributed by atoms with Gasteiger partial charge < -0.3 is 14.9 Å². The summed E-state index contributed by atoms with van der Waals surface area (Å²) >= 11 is 8.33. The number of nitrogens with zero attached hydrogens (tertiary/aromatic N) is 1. The average Bonchev–Trinajstić information content (AvgIpc) is 2.55. The molecule has 0 aromatic heterocycles. The second-order valence-electron chi connectivity index (χ2n) is 4.65. The molecule has 2 aromatic carbocycles. The number of hydrazone groups is 1. The number of nitrogens with one attached hydrogen (secondary N) is 1. The number of methoxy groups -OCH3 is 1. The Morgan fingerprint density at radius 1 is 1.30 bits per heavy atom. The third-order valence-electron chi connectivity index (χ3n) is 3.07. The number of ether oxygens (including phenoxy) is 2. The maximum atomic E-state index is 6.10. The monoisotopic (exact) mass is 444 g/mol. The lowest BCUT2D eigenvalue weighted by molar-refractivity contribution is 0.308. The van der Waals surface area contributed by atoms with Gasteiger partial charge in [0.25, 0.3) is 0 Å². The molecule has 0 heterocycles. The molecule has 23 heavy (non-hydrogen) atoms. The summed E-state index contributed by atoms with van der Waals surface area (Å²) < 4.78 is 12.0. The molecule has 0 saturated heterocycles. The third-order valence-corrected chi connectivity index (χ3v) is 4.24. The van der Waals surface area contributed by atoms with Crippen molar-refractivity contribution < 1.29 is 9.47 Å². The molecule has 0 amide bonds. The summed E-state index contributed by atoms with van der Waals surface area (Å²) in [6.45, 7) is 3.12. The first-order chi connectivity index (χ1) is 11.2. The molecule has 0 atom stereocenters. The highest BCUT2D eigenvalue weighted by atomic mass is 127. The van der Waals surface area contributed by atoms with Gasteiger partial charge in [-0.3, -0.25) is 0 Å². The topological polar surface area (TPSA) is 42.8 Å². The average molecular weight is 445 g/mol. The first-order valence-electron chi connectivity index (χ1n) is 7.15. The maximum Gasteiger partial charge on any atom is 0.174 e. The van der Waals surface area contributed by atoms with Crippen LogP contribution in [0.5, 0.6) is 11.5 Å². The van der Waals surface area contributed by atoms with Crippen molar-refractivity contribution in [1.82, 2.24) is 5.43 Å². The van der Waals surface area contributed by atoms with Gasteiger partial charge in [-0.2, -0.15) is 5.10 Å². The van der Waals surface area contributed by atoms with E-state index in [-0.39, 0.29) is 0 Å². The second kappa shape index (κ2) is 8.98. The normalized spacial score (nSPS) is 10.8. The Bertz CT molecular complexity index is 692. The molecular formula is C17H18ClIN2O2. The van der Waals surface area contributed by atoms with Crippen LogP contribution < -0.4 is 14.9 Å². The summed E-state index contributed by atoms with van der Waals surface area (Å²) in [6, 6.07) is 11.6. The molecule has 2 aromatic rings. The number of benzene rings is 2. The van der Waals surface area contributed by atoms with Gasteiger partial charge >= 0.3 is 0 Å². The number of hydrogen-bond acceptors (Lipinski definition) is 4. The Kier molecular flexibility index (Phi) is 6.98. The van der Waals surface area contributed by atoms with Crippen molar-refractivity contribution in [2.45, 2.75) is 13.5 Å². The molecule has 0 aliphatic rings. The second-order valence-corrected chi connectivity index (χ2v) is 6.22. The highest BCUT2D eigenvalue weighted by Crippen LogP contribution is 2.33. The van der Waals surface area contributed by atoms with Crippen molar-refractivity contribution in [3.63, 3.8) is 0 Å². The van der Waals surface area contributed by atoms with E-state index in [1.54, 1.807) is 13.3 Å². The molecule has 0 aliphatic heterocycles. The van der Waals surface area contributed by atoms with Gasteiger partial charge in [-0.05, 0) is 58.8 Å². The van der Waals surface area contributed by atoms with E-state index in [9.17, 15) is 0 Å². The summed E-state index contributed by atoms with van der Waals surface area (Å²) in [7, 11) is 1.63. The van der Waals surface area contributed by atoms with Crippen LogP contribution in [0.1, 0.15) is 18.1 Å². The number of halogens is 2. The van der Waals surface area contributed by atoms with E-state index in [2.05, 4.69) is 33.1 Å². The fraction of sp³-hybridized carbons (Fsp3) is 0.235. The highest BCUT2D eigenvalue weighted by molar-refractivity contribution is 14.1. The number of hydrogen-bond donors (Lipinski definition) is 1. The minimum Gasteiger partial charge on any atom is -0.493 e. The van der Waals surface area contributed by atoms with Gasteiger partial charge in [0.1, 0.15) is 0 Å². The van der Waals surface area contributed by atoms with Crippen LogP contribution in [0.15, 0.2) is 41.5 Å². The van der Waals surface area contributed by atoms with Gasteiger partial charge in [-0.15, -0.1) is 0 Å². The zero-order valence-corrected chi connectivity index (χ0v) is 15.9. The summed E-state index contributed by atoms with van der Waals surface area (Å²) in [5, 5.41) is 4.97. The SMILES string of the molecule is CCOc1c(I)cc(/C=N\NCc2ccccc2Cl)cc1OC. The zero-order valence-electron chi connectivity index (χ0n) is 13.0. The molecule has 0 saturated carbocycles. The smallest absolute Gasteiger partial charge is 0.174 e. The van der Waals surface area contributed by atoms with Crippen LogP contribution in [-0.2, 0) is 6.54 Å². The van der Waals surface area contributed by atoms with E-state index in [1.165, 1.54) is 0 Å². The summed E-state index contributed by atoms with van der Waals surface area (Å²) in [4.78, 5) is 0. The Balaban J connectivity index is 2.05.